The highest BCUT2D eigenvalue weighted by Gasteiger charge is 2.23. The quantitative estimate of drug-likeness (QED) is 0.312. The van der Waals surface area contributed by atoms with Crippen molar-refractivity contribution < 1.29 is 18.7 Å². The van der Waals surface area contributed by atoms with Crippen LogP contribution >= 0.6 is 0 Å². The fraction of sp³-hybridized carbons (Fsp3) is 0.393. The fourth-order valence-electron chi connectivity index (χ4n) is 5.03. The van der Waals surface area contributed by atoms with Crippen molar-refractivity contribution in [1.82, 2.24) is 30.4 Å². The number of rotatable bonds is 6. The molecule has 0 bridgehead atoms. The highest BCUT2D eigenvalue weighted by atomic mass is 19.1. The van der Waals surface area contributed by atoms with Crippen molar-refractivity contribution in [3.05, 3.63) is 48.0 Å². The zero-order valence-corrected chi connectivity index (χ0v) is 22.8. The number of anilines is 2. The lowest BCUT2D eigenvalue weighted by molar-refractivity contribution is -0.119. The van der Waals surface area contributed by atoms with Gasteiger partial charge in [-0.2, -0.15) is 10.1 Å². The number of carbonyl (C=O) groups excluding carboxylic acids is 2. The molecular weight excluding hydrogens is 515 g/mol. The second-order valence-corrected chi connectivity index (χ2v) is 10.1. The van der Waals surface area contributed by atoms with Gasteiger partial charge >= 0.3 is 6.01 Å². The average molecular weight is 549 g/mol. The molecule has 0 radical (unpaired) electrons. The van der Waals surface area contributed by atoms with E-state index in [-0.39, 0.29) is 23.7 Å². The zero-order valence-electron chi connectivity index (χ0n) is 22.8. The van der Waals surface area contributed by atoms with Gasteiger partial charge in [-0.1, -0.05) is 0 Å². The first-order chi connectivity index (χ1) is 19.3. The molecule has 4 aromatic rings. The summed E-state index contributed by atoms with van der Waals surface area (Å²) in [6.07, 6.45) is 4.78. The Morgan fingerprint density at radius 3 is 2.85 bits per heavy atom. The van der Waals surface area contributed by atoms with Gasteiger partial charge in [0.05, 0.1) is 12.1 Å². The summed E-state index contributed by atoms with van der Waals surface area (Å²) in [7, 11) is 3.54. The fourth-order valence-corrected chi connectivity index (χ4v) is 5.03. The number of nitrogens with one attached hydrogen (secondary N) is 3. The van der Waals surface area contributed by atoms with E-state index < -0.39 is 0 Å². The summed E-state index contributed by atoms with van der Waals surface area (Å²) in [4.78, 5) is 33.9. The Hall–Kier alpha value is -4.32. The third-order valence-corrected chi connectivity index (χ3v) is 7.05. The number of carbonyl (C=O) groups is 2. The molecule has 2 aromatic carbocycles. The number of benzene rings is 2. The van der Waals surface area contributed by atoms with E-state index in [1.807, 2.05) is 12.1 Å². The van der Waals surface area contributed by atoms with Crippen LogP contribution in [-0.2, 0) is 11.8 Å². The van der Waals surface area contributed by atoms with Gasteiger partial charge < -0.3 is 25.6 Å². The molecule has 2 atom stereocenters. The van der Waals surface area contributed by atoms with Gasteiger partial charge in [0.1, 0.15) is 5.52 Å². The van der Waals surface area contributed by atoms with Gasteiger partial charge in [-0.25, -0.2) is 9.37 Å². The van der Waals surface area contributed by atoms with Crippen LogP contribution in [0.1, 0.15) is 23.7 Å². The van der Waals surface area contributed by atoms with Crippen LogP contribution in [-0.4, -0.2) is 77.8 Å². The standard InChI is InChI=1S/C19H23N5O3.C9H10FN3/c1-12-9-24(5-4-20-12)16-3-2-14(10-25)18-15(16)8-22-19(23-18)27-11-13-6-17(26)21-7-13;1-11-7-3-6-5-13(2)12-9(6)8(10)4-7/h2-3,8,10,12-13,20H,4-7,9,11H2,1H3,(H,21,26);3-5,11H,1-2H3. The Balaban J connectivity index is 0.000000207. The monoisotopic (exact) mass is 548 g/mol. The first kappa shape index (κ1) is 27.3. The van der Waals surface area contributed by atoms with Crippen molar-refractivity contribution in [3.8, 4) is 6.01 Å². The lowest BCUT2D eigenvalue weighted by Crippen LogP contribution is -2.49. The normalized spacial score (nSPS) is 18.8. The van der Waals surface area contributed by atoms with Gasteiger partial charge in [0.2, 0.25) is 5.91 Å². The number of nitrogens with zero attached hydrogens (tertiary/aromatic N) is 5. The highest BCUT2D eigenvalue weighted by molar-refractivity contribution is 6.01. The van der Waals surface area contributed by atoms with Crippen LogP contribution in [0.2, 0.25) is 0 Å². The van der Waals surface area contributed by atoms with Gasteiger partial charge in [0.15, 0.2) is 12.1 Å². The molecule has 210 valence electrons. The lowest BCUT2D eigenvalue weighted by atomic mass is 10.1. The number of fused-ring (bicyclic) bond motifs is 2. The Bertz CT molecular complexity index is 1540. The number of aryl methyl sites for hydroxylation is 1. The van der Waals surface area contributed by atoms with Crippen LogP contribution in [0.25, 0.3) is 21.8 Å². The van der Waals surface area contributed by atoms with Gasteiger partial charge in [-0.15, -0.1) is 0 Å². The van der Waals surface area contributed by atoms with E-state index in [1.54, 1.807) is 37.2 Å². The third-order valence-electron chi connectivity index (χ3n) is 7.05. The minimum atomic E-state index is -0.289. The second kappa shape index (κ2) is 11.8. The Morgan fingerprint density at radius 1 is 1.27 bits per heavy atom. The Kier molecular flexibility index (Phi) is 8.06. The summed E-state index contributed by atoms with van der Waals surface area (Å²) in [6.45, 7) is 5.82. The first-order valence-corrected chi connectivity index (χ1v) is 13.3. The van der Waals surface area contributed by atoms with E-state index in [9.17, 15) is 14.0 Å². The van der Waals surface area contributed by atoms with Crippen LogP contribution in [0, 0.1) is 11.7 Å². The van der Waals surface area contributed by atoms with Gasteiger partial charge in [0.25, 0.3) is 0 Å². The summed E-state index contributed by atoms with van der Waals surface area (Å²) in [5, 5.41) is 14.8. The molecule has 0 aliphatic carbocycles. The van der Waals surface area contributed by atoms with E-state index in [0.717, 1.165) is 48.1 Å². The van der Waals surface area contributed by atoms with Crippen LogP contribution in [0.15, 0.2) is 36.7 Å². The minimum absolute atomic E-state index is 0.0427. The molecule has 0 spiro atoms. The van der Waals surface area contributed by atoms with Gasteiger partial charge in [0, 0.05) is 98.8 Å². The molecule has 12 heteroatoms. The van der Waals surface area contributed by atoms with E-state index in [2.05, 4.69) is 42.8 Å². The summed E-state index contributed by atoms with van der Waals surface area (Å²) in [6, 6.07) is 7.69. The number of amides is 1. The molecule has 0 saturated carbocycles. The molecule has 4 heterocycles. The maximum atomic E-state index is 13.3. The number of piperazine rings is 1. The SMILES string of the molecule is CC1CN(c2ccc(C=O)c3nc(OCC4CNC(=O)C4)ncc23)CCN1.CNc1cc(F)c2nn(C)cc2c1. The number of aldehydes is 1. The third kappa shape index (κ3) is 5.96. The predicted octanol–water partition coefficient (Wildman–Crippen LogP) is 2.51. The molecule has 11 nitrogen and oxygen atoms in total. The molecule has 2 fully saturated rings. The maximum Gasteiger partial charge on any atom is 0.316 e. The highest BCUT2D eigenvalue weighted by Crippen LogP contribution is 2.29. The minimum Gasteiger partial charge on any atom is -0.463 e. The molecule has 2 saturated heterocycles. The van der Waals surface area contributed by atoms with E-state index >= 15 is 0 Å². The number of hydrogen-bond donors (Lipinski definition) is 3. The van der Waals surface area contributed by atoms with Crippen LogP contribution in [0.4, 0.5) is 15.8 Å². The first-order valence-electron chi connectivity index (χ1n) is 13.3. The van der Waals surface area contributed by atoms with Crippen molar-refractivity contribution >= 4 is 45.4 Å². The molecule has 40 heavy (non-hydrogen) atoms. The van der Waals surface area contributed by atoms with Crippen LogP contribution in [0.3, 0.4) is 0 Å². The molecule has 2 unspecified atom stereocenters. The molecule has 2 aromatic heterocycles. The predicted molar refractivity (Wildman–Crippen MR) is 151 cm³/mol. The molecule has 3 N–H and O–H groups in total. The Labute approximate surface area is 231 Å². The molecule has 2 aliphatic rings. The van der Waals surface area contributed by atoms with Crippen molar-refractivity contribution in [2.45, 2.75) is 19.4 Å². The van der Waals surface area contributed by atoms with E-state index in [1.165, 1.54) is 6.07 Å². The lowest BCUT2D eigenvalue weighted by Gasteiger charge is -2.34. The van der Waals surface area contributed by atoms with E-state index in [4.69, 9.17) is 4.74 Å². The molecule has 6 rings (SSSR count). The van der Waals surface area contributed by atoms with Crippen LogP contribution in [0.5, 0.6) is 6.01 Å². The van der Waals surface area contributed by atoms with Crippen molar-refractivity contribution in [2.75, 3.05) is 50.1 Å². The Morgan fingerprint density at radius 2 is 2.12 bits per heavy atom. The molecule has 1 amide bonds. The topological polar surface area (TPSA) is 126 Å². The smallest absolute Gasteiger partial charge is 0.316 e. The molecule has 2 aliphatic heterocycles. The second-order valence-electron chi connectivity index (χ2n) is 10.1. The number of halogens is 1. The maximum absolute atomic E-state index is 13.3. The summed E-state index contributed by atoms with van der Waals surface area (Å²) in [5.41, 5.74) is 3.32. The van der Waals surface area contributed by atoms with Gasteiger partial charge in [-0.3, -0.25) is 14.3 Å². The van der Waals surface area contributed by atoms with E-state index in [0.29, 0.717) is 42.2 Å². The zero-order chi connectivity index (χ0) is 28.2. The van der Waals surface area contributed by atoms with Crippen LogP contribution < -0.4 is 25.6 Å². The number of aromatic nitrogens is 4. The van der Waals surface area contributed by atoms with Crippen molar-refractivity contribution in [2.24, 2.45) is 13.0 Å². The number of hydrogen-bond acceptors (Lipinski definition) is 9. The molecular formula is C28H33FN8O3. The summed E-state index contributed by atoms with van der Waals surface area (Å²) >= 11 is 0. The van der Waals surface area contributed by atoms with Crippen molar-refractivity contribution in [1.29, 1.82) is 0 Å². The van der Waals surface area contributed by atoms with Gasteiger partial charge in [-0.05, 0) is 31.2 Å². The summed E-state index contributed by atoms with van der Waals surface area (Å²) in [5.74, 6) is -0.125. The average Bonchev–Trinajstić information content (AvgIpc) is 3.55. The summed E-state index contributed by atoms with van der Waals surface area (Å²) < 4.78 is 20.6. The number of ether oxygens (including phenoxy) is 1. The van der Waals surface area contributed by atoms with Crippen molar-refractivity contribution in [3.63, 3.8) is 0 Å². The largest absolute Gasteiger partial charge is 0.463 e.